The first kappa shape index (κ1) is 14.0. The maximum atomic E-state index is 5.58. The van der Waals surface area contributed by atoms with Crippen LogP contribution in [-0.2, 0) is 0 Å². The van der Waals surface area contributed by atoms with Crippen molar-refractivity contribution < 1.29 is 9.47 Å². The fraction of sp³-hybridized carbons (Fsp3) is 0.357. The second-order valence-electron chi connectivity index (χ2n) is 4.52. The molecule has 0 atom stereocenters. The molecule has 0 unspecified atom stereocenters. The molecular formula is C14H18N4O2. The molecule has 0 bridgehead atoms. The van der Waals surface area contributed by atoms with Crippen molar-refractivity contribution in [3.8, 4) is 17.8 Å². The Bertz CT molecular complexity index is 570. The maximum Gasteiger partial charge on any atom is 0.330 e. The van der Waals surface area contributed by atoms with Gasteiger partial charge in [0.15, 0.2) is 0 Å². The molecule has 0 aliphatic rings. The molecule has 0 aliphatic carbocycles. The average molecular weight is 274 g/mol. The molecule has 6 nitrogen and oxygen atoms in total. The third kappa shape index (κ3) is 3.57. The number of nitrogen functional groups attached to an aromatic ring is 1. The van der Waals surface area contributed by atoms with E-state index < -0.39 is 0 Å². The number of nitrogens with zero attached hydrogens (tertiary/aromatic N) is 3. The highest BCUT2D eigenvalue weighted by atomic mass is 16.5. The number of hydrogen-bond donors (Lipinski definition) is 1. The van der Waals surface area contributed by atoms with Gasteiger partial charge in [-0.15, -0.1) is 4.98 Å². The summed E-state index contributed by atoms with van der Waals surface area (Å²) in [5.41, 5.74) is 6.82. The first-order valence-electron chi connectivity index (χ1n) is 6.50. The van der Waals surface area contributed by atoms with Crippen LogP contribution in [0.3, 0.4) is 0 Å². The van der Waals surface area contributed by atoms with Gasteiger partial charge in [0.1, 0.15) is 5.75 Å². The highest BCUT2D eigenvalue weighted by Gasteiger charge is 2.08. The summed E-state index contributed by atoms with van der Waals surface area (Å²) in [7, 11) is 0. The largest absolute Gasteiger partial charge is 0.464 e. The Morgan fingerprint density at radius 1 is 1.05 bits per heavy atom. The fourth-order valence-electron chi connectivity index (χ4n) is 1.62. The molecule has 0 amide bonds. The summed E-state index contributed by atoms with van der Waals surface area (Å²) in [4.78, 5) is 11.8. The van der Waals surface area contributed by atoms with Gasteiger partial charge in [0.2, 0.25) is 5.95 Å². The predicted octanol–water partition coefficient (Wildman–Crippen LogP) is 2.77. The SMILES string of the molecule is CCOc1nc(N)nc(Oc2ccc(C(C)C)cc2)n1. The van der Waals surface area contributed by atoms with Crippen LogP contribution >= 0.6 is 0 Å². The monoisotopic (exact) mass is 274 g/mol. The van der Waals surface area contributed by atoms with Gasteiger partial charge in [-0.05, 0) is 30.5 Å². The van der Waals surface area contributed by atoms with Crippen molar-refractivity contribution in [3.05, 3.63) is 29.8 Å². The maximum absolute atomic E-state index is 5.58. The molecule has 2 rings (SSSR count). The van der Waals surface area contributed by atoms with Gasteiger partial charge in [-0.3, -0.25) is 0 Å². The van der Waals surface area contributed by atoms with E-state index in [-0.39, 0.29) is 18.0 Å². The number of nitrogens with two attached hydrogens (primary N) is 1. The Morgan fingerprint density at radius 2 is 1.70 bits per heavy atom. The minimum Gasteiger partial charge on any atom is -0.464 e. The first-order chi connectivity index (χ1) is 9.58. The van der Waals surface area contributed by atoms with Crippen LogP contribution < -0.4 is 15.2 Å². The minimum absolute atomic E-state index is 0.0669. The lowest BCUT2D eigenvalue weighted by Gasteiger charge is -2.08. The van der Waals surface area contributed by atoms with Crippen molar-refractivity contribution >= 4 is 5.95 Å². The van der Waals surface area contributed by atoms with Gasteiger partial charge in [-0.25, -0.2) is 0 Å². The lowest BCUT2D eigenvalue weighted by atomic mass is 10.0. The Morgan fingerprint density at radius 3 is 2.30 bits per heavy atom. The van der Waals surface area contributed by atoms with Gasteiger partial charge in [0.25, 0.3) is 0 Å². The number of hydrogen-bond acceptors (Lipinski definition) is 6. The van der Waals surface area contributed by atoms with Crippen LogP contribution in [0.15, 0.2) is 24.3 Å². The van der Waals surface area contributed by atoms with E-state index in [1.165, 1.54) is 5.56 Å². The smallest absolute Gasteiger partial charge is 0.330 e. The minimum atomic E-state index is 0.0669. The third-order valence-electron chi connectivity index (χ3n) is 2.64. The summed E-state index contributed by atoms with van der Waals surface area (Å²) in [5.74, 6) is 1.18. The lowest BCUT2D eigenvalue weighted by Crippen LogP contribution is -2.04. The summed E-state index contributed by atoms with van der Waals surface area (Å²) in [6, 6.07) is 8.04. The highest BCUT2D eigenvalue weighted by molar-refractivity contribution is 5.31. The zero-order chi connectivity index (χ0) is 14.5. The Kier molecular flexibility index (Phi) is 4.34. The molecule has 106 valence electrons. The number of benzene rings is 1. The zero-order valence-electron chi connectivity index (χ0n) is 11.8. The van der Waals surface area contributed by atoms with Crippen LogP contribution in [0.1, 0.15) is 32.3 Å². The van der Waals surface area contributed by atoms with E-state index in [1.54, 1.807) is 0 Å². The molecule has 6 heteroatoms. The van der Waals surface area contributed by atoms with Crippen LogP contribution in [0.4, 0.5) is 5.95 Å². The van der Waals surface area contributed by atoms with Gasteiger partial charge in [-0.2, -0.15) is 9.97 Å². The molecule has 1 aromatic carbocycles. The second kappa shape index (κ2) is 6.18. The third-order valence-corrected chi connectivity index (χ3v) is 2.64. The van der Waals surface area contributed by atoms with Crippen molar-refractivity contribution in [1.29, 1.82) is 0 Å². The predicted molar refractivity (Wildman–Crippen MR) is 76.0 cm³/mol. The average Bonchev–Trinajstić information content (AvgIpc) is 2.39. The van der Waals surface area contributed by atoms with Gasteiger partial charge in [0, 0.05) is 0 Å². The Labute approximate surface area is 118 Å². The summed E-state index contributed by atoms with van der Waals surface area (Å²) in [5, 5.41) is 0. The molecule has 0 saturated carbocycles. The van der Waals surface area contributed by atoms with E-state index >= 15 is 0 Å². The van der Waals surface area contributed by atoms with Crippen molar-refractivity contribution in [2.75, 3.05) is 12.3 Å². The van der Waals surface area contributed by atoms with Crippen molar-refractivity contribution in [3.63, 3.8) is 0 Å². The number of aromatic nitrogens is 3. The molecule has 20 heavy (non-hydrogen) atoms. The second-order valence-corrected chi connectivity index (χ2v) is 4.52. The molecule has 1 heterocycles. The van der Waals surface area contributed by atoms with Crippen LogP contribution in [-0.4, -0.2) is 21.6 Å². The van der Waals surface area contributed by atoms with Crippen molar-refractivity contribution in [1.82, 2.24) is 15.0 Å². The molecule has 0 fully saturated rings. The van der Waals surface area contributed by atoms with Gasteiger partial charge >= 0.3 is 12.0 Å². The molecule has 1 aromatic heterocycles. The Balaban J connectivity index is 2.16. The first-order valence-corrected chi connectivity index (χ1v) is 6.50. The number of rotatable bonds is 5. The topological polar surface area (TPSA) is 83.2 Å². The quantitative estimate of drug-likeness (QED) is 0.902. The summed E-state index contributed by atoms with van der Waals surface area (Å²) in [6.07, 6.45) is 0. The van der Waals surface area contributed by atoms with E-state index in [0.29, 0.717) is 18.3 Å². The van der Waals surface area contributed by atoms with E-state index in [4.69, 9.17) is 15.2 Å². The fourth-order valence-corrected chi connectivity index (χ4v) is 1.62. The van der Waals surface area contributed by atoms with E-state index in [0.717, 1.165) is 0 Å². The van der Waals surface area contributed by atoms with Gasteiger partial charge < -0.3 is 15.2 Å². The van der Waals surface area contributed by atoms with Crippen LogP contribution in [0.2, 0.25) is 0 Å². The number of anilines is 1. The molecule has 2 N–H and O–H groups in total. The van der Waals surface area contributed by atoms with Gasteiger partial charge in [-0.1, -0.05) is 26.0 Å². The molecule has 0 spiro atoms. The standard InChI is InChI=1S/C14H18N4O2/c1-4-19-13-16-12(15)17-14(18-13)20-11-7-5-10(6-8-11)9(2)3/h5-9H,4H2,1-3H3,(H2,15,16,17,18). The number of ether oxygens (including phenoxy) is 2. The van der Waals surface area contributed by atoms with Crippen LogP contribution in [0.25, 0.3) is 0 Å². The molecule has 2 aromatic rings. The van der Waals surface area contributed by atoms with E-state index in [9.17, 15) is 0 Å². The van der Waals surface area contributed by atoms with Crippen molar-refractivity contribution in [2.24, 2.45) is 0 Å². The summed E-state index contributed by atoms with van der Waals surface area (Å²) < 4.78 is 10.8. The zero-order valence-corrected chi connectivity index (χ0v) is 11.8. The molecule has 0 aliphatic heterocycles. The summed E-state index contributed by atoms with van der Waals surface area (Å²) in [6.45, 7) is 6.56. The van der Waals surface area contributed by atoms with Crippen molar-refractivity contribution in [2.45, 2.75) is 26.7 Å². The molecule has 0 saturated heterocycles. The molecule has 0 radical (unpaired) electrons. The van der Waals surface area contributed by atoms with E-state index in [2.05, 4.69) is 28.8 Å². The van der Waals surface area contributed by atoms with Gasteiger partial charge in [0.05, 0.1) is 6.61 Å². The highest BCUT2D eigenvalue weighted by Crippen LogP contribution is 2.22. The Hall–Kier alpha value is -2.37. The summed E-state index contributed by atoms with van der Waals surface area (Å²) >= 11 is 0. The van der Waals surface area contributed by atoms with Crippen LogP contribution in [0, 0.1) is 0 Å². The van der Waals surface area contributed by atoms with Crippen LogP contribution in [0.5, 0.6) is 17.8 Å². The lowest BCUT2D eigenvalue weighted by molar-refractivity contribution is 0.304. The van der Waals surface area contributed by atoms with E-state index in [1.807, 2.05) is 31.2 Å². The molecular weight excluding hydrogens is 256 g/mol. The normalized spacial score (nSPS) is 10.6.